The zero-order chi connectivity index (χ0) is 17.1. The average Bonchev–Trinajstić information content (AvgIpc) is 3.36. The third-order valence-electron chi connectivity index (χ3n) is 4.17. The number of hydrogen-bond acceptors (Lipinski definition) is 2. The molecule has 0 bridgehead atoms. The predicted molar refractivity (Wildman–Crippen MR) is 96.1 cm³/mol. The highest BCUT2D eigenvalue weighted by Gasteiger charge is 2.31. The number of amides is 2. The van der Waals surface area contributed by atoms with Gasteiger partial charge in [-0.15, -0.1) is 0 Å². The molecule has 0 aliphatic heterocycles. The summed E-state index contributed by atoms with van der Waals surface area (Å²) in [6, 6.07) is 15.8. The first-order valence-corrected chi connectivity index (χ1v) is 8.28. The monoisotopic (exact) mass is 322 g/mol. The van der Waals surface area contributed by atoms with E-state index in [1.54, 1.807) is 6.92 Å². The van der Waals surface area contributed by atoms with Crippen LogP contribution in [0, 0.1) is 6.92 Å². The van der Waals surface area contributed by atoms with E-state index in [-0.39, 0.29) is 11.8 Å². The van der Waals surface area contributed by atoms with Gasteiger partial charge in [0.1, 0.15) is 0 Å². The van der Waals surface area contributed by atoms with Crippen molar-refractivity contribution >= 4 is 23.2 Å². The van der Waals surface area contributed by atoms with Gasteiger partial charge in [-0.05, 0) is 49.6 Å². The summed E-state index contributed by atoms with van der Waals surface area (Å²) < 4.78 is 0. The maximum Gasteiger partial charge on any atom is 0.228 e. The number of nitrogens with one attached hydrogen (secondary N) is 1. The van der Waals surface area contributed by atoms with Crippen molar-refractivity contribution in [2.45, 2.75) is 39.2 Å². The van der Waals surface area contributed by atoms with Crippen LogP contribution in [0.25, 0.3) is 0 Å². The smallest absolute Gasteiger partial charge is 0.228 e. The molecule has 0 atom stereocenters. The summed E-state index contributed by atoms with van der Waals surface area (Å²) in [5.41, 5.74) is 3.81. The Morgan fingerprint density at radius 1 is 1.04 bits per heavy atom. The van der Waals surface area contributed by atoms with Crippen molar-refractivity contribution in [3.8, 4) is 0 Å². The highest BCUT2D eigenvalue weighted by molar-refractivity contribution is 5.94. The molecule has 24 heavy (non-hydrogen) atoms. The molecule has 2 aromatic rings. The lowest BCUT2D eigenvalue weighted by atomic mass is 10.1. The molecule has 1 saturated carbocycles. The second-order valence-electron chi connectivity index (χ2n) is 6.38. The molecule has 1 aliphatic rings. The minimum absolute atomic E-state index is 0.0442. The fourth-order valence-corrected chi connectivity index (χ4v) is 2.78. The zero-order valence-corrected chi connectivity index (χ0v) is 14.1. The van der Waals surface area contributed by atoms with Crippen molar-refractivity contribution in [1.29, 1.82) is 0 Å². The number of anilines is 2. The molecule has 1 aliphatic carbocycles. The maximum absolute atomic E-state index is 12.1. The molecular formula is C20H22N2O2. The third kappa shape index (κ3) is 4.02. The van der Waals surface area contributed by atoms with Crippen molar-refractivity contribution in [2.75, 3.05) is 10.2 Å². The lowest BCUT2D eigenvalue weighted by molar-refractivity contribution is -0.117. The van der Waals surface area contributed by atoms with E-state index in [0.717, 1.165) is 29.8 Å². The SMILES string of the molecule is CC(=O)N(c1ccc(NC(=O)Cc2ccc(C)cc2)cc1)C1CC1. The molecule has 0 saturated heterocycles. The van der Waals surface area contributed by atoms with Crippen LogP contribution in [0.15, 0.2) is 48.5 Å². The Labute approximate surface area is 142 Å². The quantitative estimate of drug-likeness (QED) is 0.912. The van der Waals surface area contributed by atoms with Crippen molar-refractivity contribution < 1.29 is 9.59 Å². The van der Waals surface area contributed by atoms with Gasteiger partial charge in [-0.25, -0.2) is 0 Å². The number of aryl methyl sites for hydroxylation is 1. The summed E-state index contributed by atoms with van der Waals surface area (Å²) >= 11 is 0. The standard InChI is InChI=1S/C20H22N2O2/c1-14-3-5-16(6-4-14)13-20(24)21-17-7-9-18(10-8-17)22(15(2)23)19-11-12-19/h3-10,19H,11-13H2,1-2H3,(H,21,24). The van der Waals surface area contributed by atoms with Crippen LogP contribution in [-0.4, -0.2) is 17.9 Å². The molecule has 2 aromatic carbocycles. The summed E-state index contributed by atoms with van der Waals surface area (Å²) in [5, 5.41) is 2.90. The number of carbonyl (C=O) groups is 2. The molecule has 4 nitrogen and oxygen atoms in total. The molecule has 1 fully saturated rings. The molecular weight excluding hydrogens is 300 g/mol. The van der Waals surface area contributed by atoms with Crippen molar-refractivity contribution in [1.82, 2.24) is 0 Å². The van der Waals surface area contributed by atoms with Gasteiger partial charge in [0.2, 0.25) is 11.8 Å². The third-order valence-corrected chi connectivity index (χ3v) is 4.17. The Balaban J connectivity index is 1.62. The van der Waals surface area contributed by atoms with E-state index in [4.69, 9.17) is 0 Å². The Morgan fingerprint density at radius 2 is 1.67 bits per heavy atom. The summed E-state index contributed by atoms with van der Waals surface area (Å²) in [6.07, 6.45) is 2.48. The molecule has 0 unspecified atom stereocenters. The topological polar surface area (TPSA) is 49.4 Å². The summed E-state index contributed by atoms with van der Waals surface area (Å²) in [5.74, 6) is 0.0193. The minimum atomic E-state index is -0.0442. The van der Waals surface area contributed by atoms with Crippen LogP contribution in [0.3, 0.4) is 0 Å². The number of benzene rings is 2. The van der Waals surface area contributed by atoms with E-state index in [1.165, 1.54) is 5.56 Å². The van der Waals surface area contributed by atoms with Gasteiger partial charge in [0, 0.05) is 24.3 Å². The fourth-order valence-electron chi connectivity index (χ4n) is 2.78. The second kappa shape index (κ2) is 6.87. The summed E-state index contributed by atoms with van der Waals surface area (Å²) in [4.78, 5) is 25.7. The number of nitrogens with zero attached hydrogens (tertiary/aromatic N) is 1. The van der Waals surface area contributed by atoms with Gasteiger partial charge in [-0.1, -0.05) is 29.8 Å². The Hall–Kier alpha value is -2.62. The second-order valence-corrected chi connectivity index (χ2v) is 6.38. The molecule has 0 spiro atoms. The van der Waals surface area contributed by atoms with Crippen LogP contribution < -0.4 is 10.2 Å². The molecule has 0 aromatic heterocycles. The van der Waals surface area contributed by atoms with E-state index in [2.05, 4.69) is 5.32 Å². The maximum atomic E-state index is 12.1. The summed E-state index contributed by atoms with van der Waals surface area (Å²) in [6.45, 7) is 3.62. The largest absolute Gasteiger partial charge is 0.326 e. The Morgan fingerprint density at radius 3 is 2.21 bits per heavy atom. The van der Waals surface area contributed by atoms with E-state index in [1.807, 2.05) is 60.4 Å². The minimum Gasteiger partial charge on any atom is -0.326 e. The van der Waals surface area contributed by atoms with Crippen LogP contribution in [0.4, 0.5) is 11.4 Å². The summed E-state index contributed by atoms with van der Waals surface area (Å²) in [7, 11) is 0. The van der Waals surface area contributed by atoms with Gasteiger partial charge in [0.15, 0.2) is 0 Å². The Bertz CT molecular complexity index is 731. The van der Waals surface area contributed by atoms with Crippen LogP contribution in [-0.2, 0) is 16.0 Å². The molecule has 3 rings (SSSR count). The van der Waals surface area contributed by atoms with Crippen LogP contribution in [0.1, 0.15) is 30.9 Å². The first-order chi connectivity index (χ1) is 11.5. The van der Waals surface area contributed by atoms with Gasteiger partial charge in [-0.2, -0.15) is 0 Å². The van der Waals surface area contributed by atoms with Crippen molar-refractivity contribution in [2.24, 2.45) is 0 Å². The molecule has 0 heterocycles. The molecule has 124 valence electrons. The molecule has 2 amide bonds. The normalized spacial score (nSPS) is 13.4. The lowest BCUT2D eigenvalue weighted by Crippen LogP contribution is -2.30. The van der Waals surface area contributed by atoms with Crippen LogP contribution in [0.5, 0.6) is 0 Å². The van der Waals surface area contributed by atoms with Gasteiger partial charge < -0.3 is 10.2 Å². The van der Waals surface area contributed by atoms with Crippen LogP contribution >= 0.6 is 0 Å². The number of hydrogen-bond donors (Lipinski definition) is 1. The highest BCUT2D eigenvalue weighted by atomic mass is 16.2. The first-order valence-electron chi connectivity index (χ1n) is 8.28. The van der Waals surface area contributed by atoms with E-state index in [0.29, 0.717) is 12.5 Å². The van der Waals surface area contributed by atoms with E-state index < -0.39 is 0 Å². The van der Waals surface area contributed by atoms with Crippen molar-refractivity contribution in [3.05, 3.63) is 59.7 Å². The van der Waals surface area contributed by atoms with E-state index >= 15 is 0 Å². The number of rotatable bonds is 5. The van der Waals surface area contributed by atoms with Gasteiger partial charge in [0.05, 0.1) is 6.42 Å². The number of carbonyl (C=O) groups excluding carboxylic acids is 2. The van der Waals surface area contributed by atoms with Gasteiger partial charge >= 0.3 is 0 Å². The Kier molecular flexibility index (Phi) is 4.65. The average molecular weight is 322 g/mol. The van der Waals surface area contributed by atoms with Gasteiger partial charge in [0.25, 0.3) is 0 Å². The van der Waals surface area contributed by atoms with E-state index in [9.17, 15) is 9.59 Å². The fraction of sp³-hybridized carbons (Fsp3) is 0.300. The first kappa shape index (κ1) is 16.2. The van der Waals surface area contributed by atoms with Crippen molar-refractivity contribution in [3.63, 3.8) is 0 Å². The zero-order valence-electron chi connectivity index (χ0n) is 14.1. The molecule has 1 N–H and O–H groups in total. The van der Waals surface area contributed by atoms with Crippen LogP contribution in [0.2, 0.25) is 0 Å². The molecule has 4 heteroatoms. The highest BCUT2D eigenvalue weighted by Crippen LogP contribution is 2.32. The van der Waals surface area contributed by atoms with Gasteiger partial charge in [-0.3, -0.25) is 9.59 Å². The lowest BCUT2D eigenvalue weighted by Gasteiger charge is -2.21. The predicted octanol–water partition coefficient (Wildman–Crippen LogP) is 3.69. The molecule has 0 radical (unpaired) electrons.